The highest BCUT2D eigenvalue weighted by Crippen LogP contribution is 2.24. The lowest BCUT2D eigenvalue weighted by Gasteiger charge is -2.28. The van der Waals surface area contributed by atoms with Crippen LogP contribution in [-0.2, 0) is 11.2 Å². The molecule has 28 heavy (non-hydrogen) atoms. The van der Waals surface area contributed by atoms with Crippen molar-refractivity contribution in [2.24, 2.45) is 0 Å². The van der Waals surface area contributed by atoms with E-state index < -0.39 is 0 Å². The molecule has 1 saturated heterocycles. The predicted molar refractivity (Wildman–Crippen MR) is 114 cm³/mol. The number of fused-ring (bicyclic) bond motifs is 1. The third kappa shape index (κ3) is 4.63. The monoisotopic (exact) mass is 417 g/mol. The zero-order chi connectivity index (χ0) is 19.3. The summed E-state index contributed by atoms with van der Waals surface area (Å²) >= 11 is 12.3. The Hall–Kier alpha value is -2.15. The van der Waals surface area contributed by atoms with Gasteiger partial charge >= 0.3 is 0 Å². The van der Waals surface area contributed by atoms with Crippen LogP contribution >= 0.6 is 23.2 Å². The molecule has 1 N–H and O–H groups in total. The van der Waals surface area contributed by atoms with E-state index in [1.54, 1.807) is 6.20 Å². The number of pyridine rings is 1. The van der Waals surface area contributed by atoms with Crippen LogP contribution in [0.4, 0.5) is 11.5 Å². The second kappa shape index (κ2) is 8.90. The minimum atomic E-state index is 0.483. The molecule has 1 aliphatic heterocycles. The van der Waals surface area contributed by atoms with Crippen LogP contribution in [-0.4, -0.2) is 47.8 Å². The van der Waals surface area contributed by atoms with Crippen LogP contribution in [0.3, 0.4) is 0 Å². The number of anilines is 2. The van der Waals surface area contributed by atoms with E-state index in [-0.39, 0.29) is 0 Å². The second-order valence-corrected chi connectivity index (χ2v) is 7.44. The maximum absolute atomic E-state index is 6.21. The molecular formula is C20H21Cl2N5O. The quantitative estimate of drug-likeness (QED) is 0.478. The summed E-state index contributed by atoms with van der Waals surface area (Å²) in [5, 5.41) is 5.70. The SMILES string of the molecule is Clc1ccc2c(NCCCc3nc(Cl)cc(N4CCOCC4)n3)ccnc2c1. The Kier molecular flexibility index (Phi) is 6.10. The van der Waals surface area contributed by atoms with E-state index in [9.17, 15) is 0 Å². The highest BCUT2D eigenvalue weighted by atomic mass is 35.5. The normalized spacial score (nSPS) is 14.4. The second-order valence-electron chi connectivity index (χ2n) is 6.61. The van der Waals surface area contributed by atoms with Gasteiger partial charge in [0.1, 0.15) is 16.8 Å². The largest absolute Gasteiger partial charge is 0.384 e. The molecule has 0 unspecified atom stereocenters. The molecule has 8 heteroatoms. The van der Waals surface area contributed by atoms with Crippen LogP contribution < -0.4 is 10.2 Å². The number of ether oxygens (including phenoxy) is 1. The van der Waals surface area contributed by atoms with E-state index in [0.29, 0.717) is 23.4 Å². The first-order valence-electron chi connectivity index (χ1n) is 9.33. The van der Waals surface area contributed by atoms with Crippen molar-refractivity contribution in [2.45, 2.75) is 12.8 Å². The van der Waals surface area contributed by atoms with Gasteiger partial charge in [-0.1, -0.05) is 23.2 Å². The number of hydrogen-bond donors (Lipinski definition) is 1. The molecule has 4 rings (SSSR count). The molecule has 146 valence electrons. The highest BCUT2D eigenvalue weighted by Gasteiger charge is 2.14. The smallest absolute Gasteiger partial charge is 0.134 e. The summed E-state index contributed by atoms with van der Waals surface area (Å²) in [5.41, 5.74) is 1.92. The van der Waals surface area contributed by atoms with Gasteiger partial charge in [-0.05, 0) is 30.7 Å². The Morgan fingerprint density at radius 1 is 1.07 bits per heavy atom. The van der Waals surface area contributed by atoms with Crippen LogP contribution in [0.15, 0.2) is 36.5 Å². The number of benzene rings is 1. The van der Waals surface area contributed by atoms with E-state index >= 15 is 0 Å². The van der Waals surface area contributed by atoms with Crippen LogP contribution in [0.25, 0.3) is 10.9 Å². The molecular weight excluding hydrogens is 397 g/mol. The Morgan fingerprint density at radius 2 is 1.93 bits per heavy atom. The van der Waals surface area contributed by atoms with Crippen LogP contribution in [0.1, 0.15) is 12.2 Å². The molecule has 0 atom stereocenters. The summed E-state index contributed by atoms with van der Waals surface area (Å²) in [6, 6.07) is 9.53. The lowest BCUT2D eigenvalue weighted by Crippen LogP contribution is -2.37. The summed E-state index contributed by atoms with van der Waals surface area (Å²) in [6.45, 7) is 3.88. The Morgan fingerprint density at radius 3 is 2.79 bits per heavy atom. The third-order valence-corrected chi connectivity index (χ3v) is 5.09. The first-order valence-corrected chi connectivity index (χ1v) is 10.1. The number of aryl methyl sites for hydroxylation is 1. The fraction of sp³-hybridized carbons (Fsp3) is 0.350. The molecule has 0 radical (unpaired) electrons. The molecule has 2 aromatic heterocycles. The summed E-state index contributed by atoms with van der Waals surface area (Å²) in [6.07, 6.45) is 3.43. The van der Waals surface area contributed by atoms with Crippen molar-refractivity contribution in [1.82, 2.24) is 15.0 Å². The van der Waals surface area contributed by atoms with Gasteiger partial charge in [-0.15, -0.1) is 0 Å². The Balaban J connectivity index is 1.37. The molecule has 1 aliphatic rings. The van der Waals surface area contributed by atoms with Gasteiger partial charge < -0.3 is 15.0 Å². The number of hydrogen-bond acceptors (Lipinski definition) is 6. The minimum Gasteiger partial charge on any atom is -0.384 e. The van der Waals surface area contributed by atoms with Crippen molar-refractivity contribution in [1.29, 1.82) is 0 Å². The molecule has 0 aliphatic carbocycles. The van der Waals surface area contributed by atoms with Crippen molar-refractivity contribution in [3.8, 4) is 0 Å². The van der Waals surface area contributed by atoms with E-state index in [4.69, 9.17) is 27.9 Å². The van der Waals surface area contributed by atoms with Gasteiger partial charge in [0.05, 0.1) is 18.7 Å². The van der Waals surface area contributed by atoms with Gasteiger partial charge in [-0.25, -0.2) is 9.97 Å². The van der Waals surface area contributed by atoms with Crippen LogP contribution in [0.5, 0.6) is 0 Å². The highest BCUT2D eigenvalue weighted by molar-refractivity contribution is 6.31. The first kappa shape index (κ1) is 19.2. The van der Waals surface area contributed by atoms with Crippen molar-refractivity contribution in [2.75, 3.05) is 43.1 Å². The maximum Gasteiger partial charge on any atom is 0.134 e. The van der Waals surface area contributed by atoms with E-state index in [0.717, 1.165) is 60.7 Å². The summed E-state index contributed by atoms with van der Waals surface area (Å²) in [5.74, 6) is 1.64. The molecule has 6 nitrogen and oxygen atoms in total. The number of nitrogens with one attached hydrogen (secondary N) is 1. The van der Waals surface area contributed by atoms with Crippen LogP contribution in [0.2, 0.25) is 10.2 Å². The molecule has 0 amide bonds. The van der Waals surface area contributed by atoms with Gasteiger partial charge in [0.25, 0.3) is 0 Å². The average molecular weight is 418 g/mol. The van der Waals surface area contributed by atoms with Gasteiger partial charge in [0.2, 0.25) is 0 Å². The summed E-state index contributed by atoms with van der Waals surface area (Å²) < 4.78 is 5.40. The van der Waals surface area contributed by atoms with Gasteiger partial charge in [0.15, 0.2) is 0 Å². The number of aromatic nitrogens is 3. The molecule has 3 aromatic rings. The first-order chi connectivity index (χ1) is 13.7. The lowest BCUT2D eigenvalue weighted by molar-refractivity contribution is 0.122. The minimum absolute atomic E-state index is 0.483. The molecule has 1 fully saturated rings. The molecule has 0 saturated carbocycles. The van der Waals surface area contributed by atoms with Gasteiger partial charge in [-0.2, -0.15) is 0 Å². The van der Waals surface area contributed by atoms with E-state index in [1.807, 2.05) is 30.3 Å². The fourth-order valence-corrected chi connectivity index (χ4v) is 3.62. The topological polar surface area (TPSA) is 63.2 Å². The zero-order valence-electron chi connectivity index (χ0n) is 15.4. The summed E-state index contributed by atoms with van der Waals surface area (Å²) in [7, 11) is 0. The third-order valence-electron chi connectivity index (χ3n) is 4.66. The number of morpholine rings is 1. The molecule has 1 aromatic carbocycles. The Bertz CT molecular complexity index is 962. The van der Waals surface area contributed by atoms with E-state index in [1.165, 1.54) is 0 Å². The lowest BCUT2D eigenvalue weighted by atomic mass is 10.2. The predicted octanol–water partition coefficient (Wildman–Crippen LogP) is 4.21. The van der Waals surface area contributed by atoms with E-state index in [2.05, 4.69) is 25.2 Å². The maximum atomic E-state index is 6.21. The van der Waals surface area contributed by atoms with Gasteiger partial charge in [-0.3, -0.25) is 4.98 Å². The van der Waals surface area contributed by atoms with Crippen molar-refractivity contribution >= 4 is 45.6 Å². The fourth-order valence-electron chi connectivity index (χ4n) is 3.26. The summed E-state index contributed by atoms with van der Waals surface area (Å²) in [4.78, 5) is 15.6. The average Bonchev–Trinajstić information content (AvgIpc) is 2.71. The van der Waals surface area contributed by atoms with Crippen molar-refractivity contribution < 1.29 is 4.74 Å². The van der Waals surface area contributed by atoms with Crippen LogP contribution in [0, 0.1) is 0 Å². The zero-order valence-corrected chi connectivity index (χ0v) is 16.9. The standard InChI is InChI=1S/C20H21Cl2N5O/c21-14-3-4-15-16(5-7-24-17(15)12-14)23-6-1-2-19-25-18(22)13-20(26-19)27-8-10-28-11-9-27/h3-5,7,12-13H,1-2,6,8-11H2,(H,23,24). The molecule has 0 spiro atoms. The Labute approximate surface area is 173 Å². The van der Waals surface area contributed by atoms with Crippen molar-refractivity contribution in [3.05, 3.63) is 52.5 Å². The molecule has 3 heterocycles. The molecule has 0 bridgehead atoms. The number of halogens is 2. The van der Waals surface area contributed by atoms with Crippen molar-refractivity contribution in [3.63, 3.8) is 0 Å². The van der Waals surface area contributed by atoms with Gasteiger partial charge in [0, 0.05) is 54.4 Å². The number of nitrogens with zero attached hydrogens (tertiary/aromatic N) is 4. The number of rotatable bonds is 6.